The molecule has 46 heavy (non-hydrogen) atoms. The van der Waals surface area contributed by atoms with Crippen LogP contribution in [0, 0.1) is 0 Å². The maximum Gasteiger partial charge on any atom is 0.243 e. The SMILES string of the molecule is CC(=S)NCCCC[C@@H]1NC(=O)[C@H](Cc2ccc3ccccc3c2)NC(=O)CCCCCCC(=O)NCCC[C@@H](C(N)=O)NC1=O. The predicted molar refractivity (Wildman–Crippen MR) is 183 cm³/mol. The number of unbranched alkanes of at least 4 members (excludes halogenated alkanes) is 1. The maximum atomic E-state index is 13.8. The summed E-state index contributed by atoms with van der Waals surface area (Å²) in [5.41, 5.74) is 6.48. The Hall–Kier alpha value is -4.06. The highest BCUT2D eigenvalue weighted by molar-refractivity contribution is 7.80. The summed E-state index contributed by atoms with van der Waals surface area (Å²) in [7, 11) is 0. The van der Waals surface area contributed by atoms with Crippen LogP contribution in [0.25, 0.3) is 10.8 Å². The molecule has 0 saturated carbocycles. The first-order chi connectivity index (χ1) is 22.1. The lowest BCUT2D eigenvalue weighted by atomic mass is 10.00. The number of amides is 5. The van der Waals surface area contributed by atoms with Crippen molar-refractivity contribution >= 4 is 57.5 Å². The molecule has 1 saturated heterocycles. The number of nitrogens with one attached hydrogen (secondary N) is 5. The molecule has 1 aliphatic rings. The Morgan fingerprint density at radius 3 is 2.26 bits per heavy atom. The van der Waals surface area contributed by atoms with E-state index in [0.717, 1.165) is 29.2 Å². The molecule has 0 spiro atoms. The molecule has 11 nitrogen and oxygen atoms in total. The highest BCUT2D eigenvalue weighted by atomic mass is 32.1. The molecule has 0 aliphatic carbocycles. The molecule has 3 rings (SSSR count). The van der Waals surface area contributed by atoms with Gasteiger partial charge in [-0.25, -0.2) is 0 Å². The molecule has 1 aliphatic heterocycles. The van der Waals surface area contributed by atoms with E-state index in [-0.39, 0.29) is 31.1 Å². The van der Waals surface area contributed by atoms with Crippen molar-refractivity contribution in [3.05, 3.63) is 48.0 Å². The van der Waals surface area contributed by atoms with Crippen LogP contribution < -0.4 is 32.3 Å². The molecule has 12 heteroatoms. The first-order valence-corrected chi connectivity index (χ1v) is 16.7. The molecule has 0 aromatic heterocycles. The summed E-state index contributed by atoms with van der Waals surface area (Å²) in [5.74, 6) is -2.06. The van der Waals surface area contributed by atoms with Crippen molar-refractivity contribution in [2.24, 2.45) is 5.73 Å². The van der Waals surface area contributed by atoms with Crippen molar-refractivity contribution in [2.45, 2.75) is 102 Å². The summed E-state index contributed by atoms with van der Waals surface area (Å²) >= 11 is 5.07. The number of rotatable bonds is 8. The van der Waals surface area contributed by atoms with Gasteiger partial charge in [-0.15, -0.1) is 0 Å². The lowest BCUT2D eigenvalue weighted by Gasteiger charge is -2.25. The molecule has 1 heterocycles. The van der Waals surface area contributed by atoms with Gasteiger partial charge >= 0.3 is 0 Å². The zero-order chi connectivity index (χ0) is 33.3. The van der Waals surface area contributed by atoms with Crippen molar-refractivity contribution in [3.8, 4) is 0 Å². The summed E-state index contributed by atoms with van der Waals surface area (Å²) in [6.45, 7) is 2.76. The lowest BCUT2D eigenvalue weighted by molar-refractivity contribution is -0.133. The average molecular weight is 653 g/mol. The van der Waals surface area contributed by atoms with Crippen LogP contribution in [-0.4, -0.2) is 65.7 Å². The van der Waals surface area contributed by atoms with Gasteiger partial charge in [-0.3, -0.25) is 24.0 Å². The Morgan fingerprint density at radius 1 is 0.848 bits per heavy atom. The first-order valence-electron chi connectivity index (χ1n) is 16.3. The minimum atomic E-state index is -0.971. The third kappa shape index (κ3) is 13.1. The van der Waals surface area contributed by atoms with Crippen molar-refractivity contribution < 1.29 is 24.0 Å². The fourth-order valence-corrected chi connectivity index (χ4v) is 5.56. The van der Waals surface area contributed by atoms with Crippen molar-refractivity contribution in [2.75, 3.05) is 13.1 Å². The standard InChI is InChI=1S/C34H48N6O5S/c1-23(46)36-19-9-8-13-28-33(44)39-27(32(35)43)14-10-20-37-30(41)15-4-2-3-5-16-31(42)38-29(34(45)40-28)22-24-17-18-25-11-6-7-12-26(25)21-24/h6-7,11-12,17-18,21,27-29H,2-5,8-10,13-16,19-20,22H2,1H3,(H2,35,43)(H,36,46)(H,37,41)(H,38,42)(H,39,44)(H,40,45)/t27-,28-,29-/m0/s1. The van der Waals surface area contributed by atoms with Gasteiger partial charge in [-0.2, -0.15) is 0 Å². The van der Waals surface area contributed by atoms with Gasteiger partial charge in [0.15, 0.2) is 0 Å². The normalized spacial score (nSPS) is 21.3. The Bertz CT molecular complexity index is 1370. The average Bonchev–Trinajstić information content (AvgIpc) is 3.02. The minimum Gasteiger partial charge on any atom is -0.380 e. The lowest BCUT2D eigenvalue weighted by Crippen LogP contribution is -2.56. The molecule has 0 radical (unpaired) electrons. The number of benzene rings is 2. The predicted octanol–water partition coefficient (Wildman–Crippen LogP) is 2.68. The van der Waals surface area contributed by atoms with Crippen molar-refractivity contribution in [1.29, 1.82) is 0 Å². The van der Waals surface area contributed by atoms with Gasteiger partial charge in [0, 0.05) is 32.4 Å². The van der Waals surface area contributed by atoms with E-state index < -0.39 is 35.8 Å². The third-order valence-corrected chi connectivity index (χ3v) is 8.19. The molecule has 3 atom stereocenters. The Kier molecular flexibility index (Phi) is 15.4. The number of nitrogens with two attached hydrogens (primary N) is 1. The molecule has 5 amide bonds. The second-order valence-corrected chi connectivity index (χ2v) is 12.5. The van der Waals surface area contributed by atoms with Gasteiger partial charge in [0.2, 0.25) is 29.5 Å². The van der Waals surface area contributed by atoms with Gasteiger partial charge in [0.1, 0.15) is 18.1 Å². The molecule has 7 N–H and O–H groups in total. The number of hydrogen-bond donors (Lipinski definition) is 6. The van der Waals surface area contributed by atoms with Gasteiger partial charge in [0.25, 0.3) is 0 Å². The van der Waals surface area contributed by atoms with Gasteiger partial charge in [0.05, 0.1) is 4.99 Å². The number of carbonyl (C=O) groups excluding carboxylic acids is 5. The molecule has 1 fully saturated rings. The van der Waals surface area contributed by atoms with E-state index in [1.54, 1.807) is 6.92 Å². The summed E-state index contributed by atoms with van der Waals surface area (Å²) < 4.78 is 0. The van der Waals surface area contributed by atoms with E-state index in [4.69, 9.17) is 18.0 Å². The zero-order valence-electron chi connectivity index (χ0n) is 26.7. The van der Waals surface area contributed by atoms with Gasteiger partial charge in [-0.1, -0.05) is 67.5 Å². The third-order valence-electron chi connectivity index (χ3n) is 8.04. The second kappa shape index (κ2) is 19.5. The Labute approximate surface area is 276 Å². The van der Waals surface area contributed by atoms with Crippen LogP contribution in [-0.2, 0) is 30.4 Å². The topological polar surface area (TPSA) is 172 Å². The quantitative estimate of drug-likeness (QED) is 0.188. The maximum absolute atomic E-state index is 13.8. The highest BCUT2D eigenvalue weighted by Crippen LogP contribution is 2.17. The Morgan fingerprint density at radius 2 is 1.54 bits per heavy atom. The van der Waals surface area contributed by atoms with Gasteiger partial charge < -0.3 is 32.3 Å². The second-order valence-electron chi connectivity index (χ2n) is 11.9. The number of carbonyl (C=O) groups is 5. The van der Waals surface area contributed by atoms with Crippen LogP contribution in [0.1, 0.15) is 83.1 Å². The molecular weight excluding hydrogens is 604 g/mol. The van der Waals surface area contributed by atoms with E-state index in [0.29, 0.717) is 63.0 Å². The monoisotopic (exact) mass is 652 g/mol. The van der Waals surface area contributed by atoms with Crippen LogP contribution in [0.15, 0.2) is 42.5 Å². The largest absolute Gasteiger partial charge is 0.380 e. The molecule has 0 bridgehead atoms. The Balaban J connectivity index is 1.83. The van der Waals surface area contributed by atoms with Crippen LogP contribution in [0.5, 0.6) is 0 Å². The first kappa shape index (κ1) is 36.4. The van der Waals surface area contributed by atoms with E-state index in [1.165, 1.54) is 0 Å². The van der Waals surface area contributed by atoms with Crippen LogP contribution in [0.3, 0.4) is 0 Å². The number of thiocarbonyl (C=S) groups is 1. The summed E-state index contributed by atoms with van der Waals surface area (Å²) in [6, 6.07) is 10.9. The number of hydrogen-bond acceptors (Lipinski definition) is 6. The van der Waals surface area contributed by atoms with Gasteiger partial charge in [-0.05, 0) is 68.2 Å². The smallest absolute Gasteiger partial charge is 0.243 e. The summed E-state index contributed by atoms with van der Waals surface area (Å²) in [4.78, 5) is 65.5. The van der Waals surface area contributed by atoms with Crippen LogP contribution in [0.2, 0.25) is 0 Å². The van der Waals surface area contributed by atoms with Crippen molar-refractivity contribution in [1.82, 2.24) is 26.6 Å². The molecular formula is C34H48N6O5S. The summed E-state index contributed by atoms with van der Waals surface area (Å²) in [6.07, 6.45) is 6.02. The minimum absolute atomic E-state index is 0.0792. The number of primary amides is 1. The highest BCUT2D eigenvalue weighted by Gasteiger charge is 2.29. The van der Waals surface area contributed by atoms with E-state index in [1.807, 2.05) is 42.5 Å². The van der Waals surface area contributed by atoms with Crippen LogP contribution >= 0.6 is 12.2 Å². The fraction of sp³-hybridized carbons (Fsp3) is 0.529. The molecule has 0 unspecified atom stereocenters. The van der Waals surface area contributed by atoms with E-state index in [9.17, 15) is 24.0 Å². The fourth-order valence-electron chi connectivity index (χ4n) is 5.46. The molecule has 250 valence electrons. The van der Waals surface area contributed by atoms with Crippen molar-refractivity contribution in [3.63, 3.8) is 0 Å². The van der Waals surface area contributed by atoms with E-state index in [2.05, 4.69) is 26.6 Å². The number of fused-ring (bicyclic) bond motifs is 1. The van der Waals surface area contributed by atoms with Crippen LogP contribution in [0.4, 0.5) is 0 Å². The summed E-state index contributed by atoms with van der Waals surface area (Å²) in [5, 5.41) is 16.5. The molecule has 2 aromatic rings. The molecule has 2 aromatic carbocycles. The van der Waals surface area contributed by atoms with E-state index >= 15 is 0 Å². The zero-order valence-corrected chi connectivity index (χ0v) is 27.5.